The number of likely N-dealkylation sites (N-methyl/N-ethyl adjacent to an activating group) is 1. The van der Waals surface area contributed by atoms with Gasteiger partial charge in [0, 0.05) is 50.1 Å². The van der Waals surface area contributed by atoms with E-state index in [0.717, 1.165) is 62.7 Å². The number of rotatable bonds is 7. The van der Waals surface area contributed by atoms with Crippen LogP contribution in [0.4, 0.5) is 11.5 Å². The normalized spacial score (nSPS) is 21.9. The SMILES string of the molecule is CCNC1CN(c2ccc3c(n2)CCC(NC(=O)c2sc4nc(C)cnc4c2N)C3)CC1COC. The number of nitrogens with one attached hydrogen (secondary N) is 2. The number of nitrogen functional groups attached to an aromatic ring is 1. The number of aryl methyl sites for hydroxylation is 2. The maximum absolute atomic E-state index is 13.0. The van der Waals surface area contributed by atoms with Crippen LogP contribution in [0.25, 0.3) is 10.3 Å². The van der Waals surface area contributed by atoms with Crippen LogP contribution in [-0.4, -0.2) is 66.3 Å². The lowest BCUT2D eigenvalue weighted by Crippen LogP contribution is -2.39. The minimum absolute atomic E-state index is 0.0471. The van der Waals surface area contributed by atoms with Crippen LogP contribution in [0.1, 0.15) is 40.0 Å². The molecule has 35 heavy (non-hydrogen) atoms. The molecule has 1 aliphatic carbocycles. The van der Waals surface area contributed by atoms with Crippen LogP contribution in [-0.2, 0) is 17.6 Å². The Kier molecular flexibility index (Phi) is 6.86. The third kappa shape index (κ3) is 4.82. The average molecular weight is 496 g/mol. The summed E-state index contributed by atoms with van der Waals surface area (Å²) in [7, 11) is 1.77. The van der Waals surface area contributed by atoms with Crippen LogP contribution >= 0.6 is 11.3 Å². The molecular weight excluding hydrogens is 462 g/mol. The number of aromatic nitrogens is 3. The molecular formula is C25H33N7O2S. The van der Waals surface area contributed by atoms with E-state index in [4.69, 9.17) is 15.5 Å². The number of nitrogens with zero attached hydrogens (tertiary/aromatic N) is 4. The summed E-state index contributed by atoms with van der Waals surface area (Å²) in [4.78, 5) is 30.4. The Labute approximate surface area is 209 Å². The number of amides is 1. The molecule has 3 aromatic heterocycles. The molecule has 0 aromatic carbocycles. The highest BCUT2D eigenvalue weighted by molar-refractivity contribution is 7.21. The quantitative estimate of drug-likeness (QED) is 0.457. The van der Waals surface area contributed by atoms with E-state index in [-0.39, 0.29) is 11.9 Å². The van der Waals surface area contributed by atoms with Gasteiger partial charge in [-0.2, -0.15) is 0 Å². The first-order chi connectivity index (χ1) is 17.0. The molecule has 3 unspecified atom stereocenters. The summed E-state index contributed by atoms with van der Waals surface area (Å²) in [5.74, 6) is 1.33. The first-order valence-electron chi connectivity index (χ1n) is 12.2. The van der Waals surface area contributed by atoms with Gasteiger partial charge in [-0.1, -0.05) is 13.0 Å². The molecule has 0 radical (unpaired) electrons. The lowest BCUT2D eigenvalue weighted by Gasteiger charge is -2.26. The summed E-state index contributed by atoms with van der Waals surface area (Å²) in [6.45, 7) is 7.59. The Hall–Kier alpha value is -2.82. The van der Waals surface area contributed by atoms with Gasteiger partial charge in [0.1, 0.15) is 21.0 Å². The van der Waals surface area contributed by atoms with E-state index < -0.39 is 0 Å². The van der Waals surface area contributed by atoms with E-state index >= 15 is 0 Å². The smallest absolute Gasteiger partial charge is 0.263 e. The molecule has 1 amide bonds. The number of thiophene rings is 1. The van der Waals surface area contributed by atoms with E-state index in [0.29, 0.717) is 32.9 Å². The molecule has 3 atom stereocenters. The minimum Gasteiger partial charge on any atom is -0.396 e. The van der Waals surface area contributed by atoms with Crippen molar-refractivity contribution in [3.8, 4) is 0 Å². The van der Waals surface area contributed by atoms with Gasteiger partial charge in [-0.25, -0.2) is 15.0 Å². The zero-order chi connectivity index (χ0) is 24.5. The second-order valence-corrected chi connectivity index (χ2v) is 10.5. The van der Waals surface area contributed by atoms with Gasteiger partial charge >= 0.3 is 0 Å². The standard InChI is InChI=1S/C25H33N7O2S/c1-4-27-19-12-32(11-16(19)13-34-3)20-8-5-15-9-17(6-7-18(15)31-20)30-24(33)23-21(26)22-25(35-23)29-14(2)10-28-22/h5,8,10,16-17,19,27H,4,6-7,9,11-13,26H2,1-3H3,(H,30,33). The van der Waals surface area contributed by atoms with Crippen LogP contribution in [0.15, 0.2) is 18.3 Å². The van der Waals surface area contributed by atoms with Crippen molar-refractivity contribution in [1.82, 2.24) is 25.6 Å². The molecule has 4 heterocycles. The van der Waals surface area contributed by atoms with E-state index in [1.165, 1.54) is 16.9 Å². The second-order valence-electron chi connectivity index (χ2n) is 9.48. The zero-order valence-corrected chi connectivity index (χ0v) is 21.3. The molecule has 10 heteroatoms. The zero-order valence-electron chi connectivity index (χ0n) is 20.5. The van der Waals surface area contributed by atoms with Gasteiger partial charge < -0.3 is 26.0 Å². The fraction of sp³-hybridized carbons (Fsp3) is 0.520. The fourth-order valence-electron chi connectivity index (χ4n) is 5.22. The number of methoxy groups -OCH3 is 1. The van der Waals surface area contributed by atoms with Gasteiger partial charge in [-0.05, 0) is 44.4 Å². The maximum atomic E-state index is 13.0. The average Bonchev–Trinajstić information content (AvgIpc) is 3.39. The first-order valence-corrected chi connectivity index (χ1v) is 13.1. The number of carbonyl (C=O) groups is 1. The third-order valence-electron chi connectivity index (χ3n) is 6.96. The number of nitrogens with two attached hydrogens (primary N) is 1. The Morgan fingerprint density at radius 1 is 1.31 bits per heavy atom. The Balaban J connectivity index is 1.25. The molecule has 0 bridgehead atoms. The Bertz CT molecular complexity index is 1220. The van der Waals surface area contributed by atoms with Crippen LogP contribution in [0.5, 0.6) is 0 Å². The van der Waals surface area contributed by atoms with E-state index in [1.54, 1.807) is 13.3 Å². The van der Waals surface area contributed by atoms with Gasteiger partial charge in [-0.15, -0.1) is 11.3 Å². The Morgan fingerprint density at radius 2 is 2.17 bits per heavy atom. The molecule has 4 N–H and O–H groups in total. The number of ether oxygens (including phenoxy) is 1. The van der Waals surface area contributed by atoms with Crippen molar-refractivity contribution >= 4 is 39.1 Å². The third-order valence-corrected chi connectivity index (χ3v) is 8.05. The van der Waals surface area contributed by atoms with Gasteiger partial charge in [0.2, 0.25) is 0 Å². The molecule has 0 saturated carbocycles. The minimum atomic E-state index is -0.154. The summed E-state index contributed by atoms with van der Waals surface area (Å²) in [6, 6.07) is 4.75. The van der Waals surface area contributed by atoms with Gasteiger partial charge in [0.25, 0.3) is 5.91 Å². The summed E-state index contributed by atoms with van der Waals surface area (Å²) in [6.07, 6.45) is 4.13. The second kappa shape index (κ2) is 10.0. The number of hydrogen-bond acceptors (Lipinski definition) is 9. The lowest BCUT2D eigenvalue weighted by molar-refractivity contribution is 0.0938. The van der Waals surface area contributed by atoms with Crippen molar-refractivity contribution in [2.75, 3.05) is 44.0 Å². The van der Waals surface area contributed by atoms with Gasteiger partial charge in [0.05, 0.1) is 18.0 Å². The highest BCUT2D eigenvalue weighted by atomic mass is 32.1. The lowest BCUT2D eigenvalue weighted by atomic mass is 9.91. The van der Waals surface area contributed by atoms with Crippen molar-refractivity contribution in [3.05, 3.63) is 40.2 Å². The van der Waals surface area contributed by atoms with Crippen LogP contribution in [0, 0.1) is 12.8 Å². The number of pyridine rings is 1. The molecule has 0 spiro atoms. The van der Waals surface area contributed by atoms with E-state index in [9.17, 15) is 4.79 Å². The Morgan fingerprint density at radius 3 is 2.97 bits per heavy atom. The largest absolute Gasteiger partial charge is 0.396 e. The molecule has 2 aliphatic rings. The molecule has 186 valence electrons. The molecule has 9 nitrogen and oxygen atoms in total. The van der Waals surface area contributed by atoms with Crippen LogP contribution in [0.3, 0.4) is 0 Å². The van der Waals surface area contributed by atoms with E-state index in [1.807, 2.05) is 6.92 Å². The number of fused-ring (bicyclic) bond motifs is 2. The van der Waals surface area contributed by atoms with Crippen molar-refractivity contribution in [2.45, 2.75) is 45.2 Å². The van der Waals surface area contributed by atoms with Gasteiger partial charge in [0.15, 0.2) is 0 Å². The number of hydrogen-bond donors (Lipinski definition) is 3. The topological polar surface area (TPSA) is 118 Å². The number of anilines is 2. The highest BCUT2D eigenvalue weighted by Crippen LogP contribution is 2.32. The van der Waals surface area contributed by atoms with E-state index in [2.05, 4.69) is 44.6 Å². The molecule has 1 saturated heterocycles. The monoisotopic (exact) mass is 495 g/mol. The molecule has 1 aliphatic heterocycles. The summed E-state index contributed by atoms with van der Waals surface area (Å²) >= 11 is 1.30. The maximum Gasteiger partial charge on any atom is 0.263 e. The van der Waals surface area contributed by atoms with Crippen molar-refractivity contribution < 1.29 is 9.53 Å². The predicted molar refractivity (Wildman–Crippen MR) is 139 cm³/mol. The molecule has 3 aromatic rings. The van der Waals surface area contributed by atoms with Crippen LogP contribution in [0.2, 0.25) is 0 Å². The van der Waals surface area contributed by atoms with Crippen LogP contribution < -0.4 is 21.3 Å². The molecule has 1 fully saturated rings. The predicted octanol–water partition coefficient (Wildman–Crippen LogP) is 2.32. The molecule has 5 rings (SSSR count). The first kappa shape index (κ1) is 23.9. The van der Waals surface area contributed by atoms with Crippen molar-refractivity contribution in [3.63, 3.8) is 0 Å². The van der Waals surface area contributed by atoms with Crippen molar-refractivity contribution in [1.29, 1.82) is 0 Å². The fourth-order valence-corrected chi connectivity index (χ4v) is 6.22. The van der Waals surface area contributed by atoms with Crippen molar-refractivity contribution in [2.24, 2.45) is 5.92 Å². The van der Waals surface area contributed by atoms with Gasteiger partial charge in [-0.3, -0.25) is 4.79 Å². The number of carbonyl (C=O) groups excluding carboxylic acids is 1. The summed E-state index contributed by atoms with van der Waals surface area (Å²) < 4.78 is 5.45. The summed E-state index contributed by atoms with van der Waals surface area (Å²) in [5.41, 5.74) is 10.4. The highest BCUT2D eigenvalue weighted by Gasteiger charge is 2.33. The summed E-state index contributed by atoms with van der Waals surface area (Å²) in [5, 5.41) is 6.77.